The third-order valence-electron chi connectivity index (χ3n) is 5.28. The molecule has 1 saturated heterocycles. The number of fused-ring (bicyclic) bond motifs is 1. The van der Waals surface area contributed by atoms with E-state index in [1.54, 1.807) is 41.5 Å². The zero-order valence-corrected chi connectivity index (χ0v) is 20.5. The fraction of sp³-hybridized carbons (Fsp3) is 0.810. The molecule has 9 nitrogen and oxygen atoms in total. The molecule has 1 fully saturated rings. The van der Waals surface area contributed by atoms with Gasteiger partial charge in [0.05, 0.1) is 10.8 Å². The number of hydrogen-bond donors (Lipinski definition) is 0. The van der Waals surface area contributed by atoms with E-state index in [4.69, 9.17) is 23.0 Å². The van der Waals surface area contributed by atoms with Crippen molar-refractivity contribution in [2.24, 2.45) is 16.7 Å². The van der Waals surface area contributed by atoms with Crippen LogP contribution in [0.1, 0.15) is 60.8 Å². The molecule has 0 bridgehead atoms. The van der Waals surface area contributed by atoms with Gasteiger partial charge >= 0.3 is 19.8 Å². The molecule has 2 atom stereocenters. The Bertz CT molecular complexity index is 701. The van der Waals surface area contributed by atoms with Crippen LogP contribution in [0, 0.1) is 16.7 Å². The smallest absolute Gasteiger partial charge is 0.437 e. The maximum absolute atomic E-state index is 13.2. The van der Waals surface area contributed by atoms with Crippen LogP contribution in [0.15, 0.2) is 11.8 Å². The lowest BCUT2D eigenvalue weighted by molar-refractivity contribution is -0.163. The fourth-order valence-corrected chi connectivity index (χ4v) is 4.27. The number of hydrogen-bond acceptors (Lipinski definition) is 9. The first-order valence-electron chi connectivity index (χ1n) is 10.5. The summed E-state index contributed by atoms with van der Waals surface area (Å²) in [5, 5.41) is 0. The maximum atomic E-state index is 13.2. The van der Waals surface area contributed by atoms with Gasteiger partial charge in [0.15, 0.2) is 0 Å². The average molecular weight is 461 g/mol. The summed E-state index contributed by atoms with van der Waals surface area (Å²) < 4.78 is 39.4. The molecule has 2 unspecified atom stereocenters. The molecule has 0 N–H and O–H groups in total. The molecule has 0 spiro atoms. The van der Waals surface area contributed by atoms with Crippen molar-refractivity contribution in [3.8, 4) is 0 Å². The monoisotopic (exact) mass is 461 g/mol. The Morgan fingerprint density at radius 1 is 1.03 bits per heavy atom. The molecule has 0 radical (unpaired) electrons. The molecule has 10 heteroatoms. The standard InChI is InChI=1S/C21H36NO8P/c1-20(2,3)18(23)26-13-28-31(25,29-14-27-19(24)21(4,5)6)30-16-9-8-15-10-11-22(7)17(15)12-16/h9,15,17H,8,10-14H2,1-7H3. The molecular formula is C21H36NO8P. The highest BCUT2D eigenvalue weighted by Crippen LogP contribution is 2.53. The predicted octanol–water partition coefficient (Wildman–Crippen LogP) is 4.24. The van der Waals surface area contributed by atoms with Gasteiger partial charge < -0.3 is 18.9 Å². The quantitative estimate of drug-likeness (QED) is 0.298. The molecule has 1 aliphatic heterocycles. The van der Waals surface area contributed by atoms with Crippen LogP contribution < -0.4 is 0 Å². The van der Waals surface area contributed by atoms with Gasteiger partial charge in [0, 0.05) is 12.5 Å². The molecule has 2 rings (SSSR count). The molecule has 0 aromatic carbocycles. The summed E-state index contributed by atoms with van der Waals surface area (Å²) in [5.74, 6) is -0.0160. The number of phosphoric acid groups is 1. The van der Waals surface area contributed by atoms with Crippen molar-refractivity contribution in [3.63, 3.8) is 0 Å². The lowest BCUT2D eigenvalue weighted by atomic mass is 9.89. The largest absolute Gasteiger partial charge is 0.535 e. The van der Waals surface area contributed by atoms with Crippen LogP contribution in [0.4, 0.5) is 0 Å². The lowest BCUT2D eigenvalue weighted by Gasteiger charge is -2.30. The minimum Gasteiger partial charge on any atom is -0.437 e. The van der Waals surface area contributed by atoms with E-state index in [0.29, 0.717) is 24.1 Å². The van der Waals surface area contributed by atoms with Crippen LogP contribution in [-0.4, -0.2) is 50.1 Å². The van der Waals surface area contributed by atoms with Crippen molar-refractivity contribution in [1.82, 2.24) is 4.90 Å². The van der Waals surface area contributed by atoms with E-state index in [9.17, 15) is 14.2 Å². The van der Waals surface area contributed by atoms with E-state index < -0.39 is 44.2 Å². The van der Waals surface area contributed by atoms with Gasteiger partial charge in [-0.3, -0.25) is 9.59 Å². The molecule has 0 saturated carbocycles. The predicted molar refractivity (Wildman–Crippen MR) is 114 cm³/mol. The van der Waals surface area contributed by atoms with Crippen LogP contribution >= 0.6 is 7.82 Å². The van der Waals surface area contributed by atoms with Crippen LogP contribution in [-0.2, 0) is 37.2 Å². The molecule has 178 valence electrons. The van der Waals surface area contributed by atoms with Gasteiger partial charge in [0.1, 0.15) is 5.76 Å². The van der Waals surface area contributed by atoms with Gasteiger partial charge in [-0.1, -0.05) is 0 Å². The number of esters is 2. The lowest BCUT2D eigenvalue weighted by Crippen LogP contribution is -2.32. The number of phosphoric ester groups is 1. The minimum atomic E-state index is -4.20. The van der Waals surface area contributed by atoms with Crippen LogP contribution in [0.3, 0.4) is 0 Å². The Labute approximate surface area is 185 Å². The Hall–Kier alpha value is -1.41. The summed E-state index contributed by atoms with van der Waals surface area (Å²) in [4.78, 5) is 26.2. The van der Waals surface area contributed by atoms with Crippen molar-refractivity contribution in [3.05, 3.63) is 11.8 Å². The van der Waals surface area contributed by atoms with E-state index >= 15 is 0 Å². The Morgan fingerprint density at radius 2 is 1.55 bits per heavy atom. The molecular weight excluding hydrogens is 425 g/mol. The maximum Gasteiger partial charge on any atom is 0.535 e. The number of carbonyl (C=O) groups excluding carboxylic acids is 2. The number of ether oxygens (including phenoxy) is 2. The third-order valence-corrected chi connectivity index (χ3v) is 6.58. The van der Waals surface area contributed by atoms with Gasteiger partial charge in [0.2, 0.25) is 13.6 Å². The highest BCUT2D eigenvalue weighted by molar-refractivity contribution is 7.48. The first kappa shape index (κ1) is 25.8. The topological polar surface area (TPSA) is 101 Å². The Balaban J connectivity index is 2.01. The second-order valence-electron chi connectivity index (χ2n) is 10.1. The van der Waals surface area contributed by atoms with E-state index in [0.717, 1.165) is 19.4 Å². The van der Waals surface area contributed by atoms with Gasteiger partial charge in [-0.2, -0.15) is 0 Å². The molecule has 2 aliphatic rings. The van der Waals surface area contributed by atoms with E-state index in [1.165, 1.54) is 0 Å². The second-order valence-corrected chi connectivity index (χ2v) is 11.7. The highest BCUT2D eigenvalue weighted by atomic mass is 31.2. The number of carbonyl (C=O) groups is 2. The van der Waals surface area contributed by atoms with Gasteiger partial charge in [-0.25, -0.2) is 13.6 Å². The first-order chi connectivity index (χ1) is 14.2. The summed E-state index contributed by atoms with van der Waals surface area (Å²) >= 11 is 0. The number of rotatable bonds is 8. The fourth-order valence-electron chi connectivity index (χ4n) is 3.29. The van der Waals surface area contributed by atoms with E-state index in [-0.39, 0.29) is 0 Å². The minimum absolute atomic E-state index is 0.297. The summed E-state index contributed by atoms with van der Waals surface area (Å²) in [5.41, 5.74) is -1.49. The van der Waals surface area contributed by atoms with Crippen molar-refractivity contribution >= 4 is 19.8 Å². The summed E-state index contributed by atoms with van der Waals surface area (Å²) in [6.45, 7) is 9.92. The van der Waals surface area contributed by atoms with Crippen LogP contribution in [0.2, 0.25) is 0 Å². The molecule has 1 heterocycles. The van der Waals surface area contributed by atoms with E-state index in [2.05, 4.69) is 11.9 Å². The van der Waals surface area contributed by atoms with Crippen LogP contribution in [0.5, 0.6) is 0 Å². The SMILES string of the molecule is CN1CCC2CC=C(OP(=O)(OCOC(=O)C(C)(C)C)OCOC(=O)C(C)(C)C)CC21. The molecule has 31 heavy (non-hydrogen) atoms. The molecule has 0 aromatic rings. The summed E-state index contributed by atoms with van der Waals surface area (Å²) in [6.07, 6.45) is 4.38. The average Bonchev–Trinajstić information content (AvgIpc) is 3.00. The van der Waals surface area contributed by atoms with Gasteiger partial charge in [-0.05, 0) is 80.0 Å². The Morgan fingerprint density at radius 3 is 2.03 bits per heavy atom. The molecule has 0 aromatic heterocycles. The van der Waals surface area contributed by atoms with Gasteiger partial charge in [-0.15, -0.1) is 0 Å². The van der Waals surface area contributed by atoms with Gasteiger partial charge in [0.25, 0.3) is 0 Å². The van der Waals surface area contributed by atoms with Crippen molar-refractivity contribution in [2.75, 3.05) is 27.2 Å². The number of allylic oxidation sites excluding steroid dienone is 1. The summed E-state index contributed by atoms with van der Waals surface area (Å²) in [7, 11) is -2.15. The zero-order valence-electron chi connectivity index (χ0n) is 19.6. The molecule has 1 aliphatic carbocycles. The first-order valence-corrected chi connectivity index (χ1v) is 12.0. The highest BCUT2D eigenvalue weighted by Gasteiger charge is 2.39. The number of likely N-dealkylation sites (tertiary alicyclic amines) is 1. The molecule has 0 amide bonds. The third kappa shape index (κ3) is 7.59. The number of nitrogens with zero attached hydrogens (tertiary/aromatic N) is 1. The normalized spacial score (nSPS) is 22.5. The van der Waals surface area contributed by atoms with Crippen molar-refractivity contribution in [1.29, 1.82) is 0 Å². The zero-order chi connectivity index (χ0) is 23.4. The Kier molecular flexibility index (Phi) is 8.36. The van der Waals surface area contributed by atoms with Crippen molar-refractivity contribution < 1.29 is 37.2 Å². The van der Waals surface area contributed by atoms with E-state index in [1.807, 2.05) is 6.08 Å². The summed E-state index contributed by atoms with van der Waals surface area (Å²) in [6, 6.07) is 0.297. The van der Waals surface area contributed by atoms with Crippen LogP contribution in [0.25, 0.3) is 0 Å². The second kappa shape index (κ2) is 10.0. The van der Waals surface area contributed by atoms with Crippen molar-refractivity contribution in [2.45, 2.75) is 66.8 Å².